The van der Waals surface area contributed by atoms with Crippen molar-refractivity contribution in [3.63, 3.8) is 0 Å². The molecule has 3 aliphatic heterocycles. The first-order valence-corrected chi connectivity index (χ1v) is 14.7. The smallest absolute Gasteiger partial charge is 0.243 e. The van der Waals surface area contributed by atoms with E-state index in [9.17, 15) is 8.42 Å². The van der Waals surface area contributed by atoms with Crippen molar-refractivity contribution in [1.29, 1.82) is 0 Å². The summed E-state index contributed by atoms with van der Waals surface area (Å²) in [6, 6.07) is 7.23. The van der Waals surface area contributed by atoms with E-state index in [2.05, 4.69) is 34.4 Å². The Balaban J connectivity index is 1.31. The van der Waals surface area contributed by atoms with Gasteiger partial charge >= 0.3 is 0 Å². The van der Waals surface area contributed by atoms with Crippen LogP contribution in [-0.4, -0.2) is 81.1 Å². The number of nitrogens with zero attached hydrogens (tertiary/aromatic N) is 3. The summed E-state index contributed by atoms with van der Waals surface area (Å²) < 4.78 is 39.6. The lowest BCUT2D eigenvalue weighted by Crippen LogP contribution is -2.50. The van der Waals surface area contributed by atoms with Gasteiger partial charge in [0.25, 0.3) is 0 Å². The van der Waals surface area contributed by atoms with Crippen molar-refractivity contribution in [2.75, 3.05) is 57.1 Å². The van der Waals surface area contributed by atoms with E-state index in [0.717, 1.165) is 50.5 Å². The summed E-state index contributed by atoms with van der Waals surface area (Å²) in [6.45, 7) is 8.54. The number of benzene rings is 1. The summed E-state index contributed by atoms with van der Waals surface area (Å²) in [5.74, 6) is 1.98. The van der Waals surface area contributed by atoms with Gasteiger partial charge in [-0.1, -0.05) is 13.8 Å². The number of hydrogen-bond donors (Lipinski definition) is 4. The zero-order chi connectivity index (χ0) is 26.9. The fourth-order valence-electron chi connectivity index (χ4n) is 5.68. The molecule has 0 bridgehead atoms. The number of ether oxygens (including phenoxy) is 2. The van der Waals surface area contributed by atoms with Gasteiger partial charge in [-0.2, -0.15) is 4.31 Å². The molecule has 0 radical (unpaired) electrons. The first-order valence-electron chi connectivity index (χ1n) is 13.3. The lowest BCUT2D eigenvalue weighted by molar-refractivity contribution is 0.00610. The molecular formula is C26H39N7O4S. The molecule has 0 amide bonds. The summed E-state index contributed by atoms with van der Waals surface area (Å²) in [5, 5.41) is 6.49. The highest BCUT2D eigenvalue weighted by Crippen LogP contribution is 2.37. The monoisotopic (exact) mass is 545 g/mol. The molecular weight excluding hydrogens is 506 g/mol. The molecule has 0 aliphatic carbocycles. The van der Waals surface area contributed by atoms with Crippen molar-refractivity contribution in [2.24, 2.45) is 16.6 Å². The molecule has 1 aromatic carbocycles. The summed E-state index contributed by atoms with van der Waals surface area (Å²) in [5.41, 5.74) is 7.34. The Labute approximate surface area is 224 Å². The maximum atomic E-state index is 13.5. The van der Waals surface area contributed by atoms with E-state index < -0.39 is 15.7 Å². The van der Waals surface area contributed by atoms with E-state index in [4.69, 9.17) is 20.2 Å². The second-order valence-electron chi connectivity index (χ2n) is 10.6. The van der Waals surface area contributed by atoms with E-state index in [0.29, 0.717) is 48.9 Å². The van der Waals surface area contributed by atoms with Crippen LogP contribution >= 0.6 is 0 Å². The largest absolute Gasteiger partial charge is 0.495 e. The highest BCUT2D eigenvalue weighted by molar-refractivity contribution is 7.89. The molecule has 2 aromatic rings. The molecule has 5 N–H and O–H groups in total. The molecule has 1 unspecified atom stereocenters. The maximum absolute atomic E-state index is 13.5. The topological polar surface area (TPSA) is 137 Å². The number of morpholine rings is 1. The number of hydrogen-bond acceptors (Lipinski definition) is 9. The summed E-state index contributed by atoms with van der Waals surface area (Å²) in [6.07, 6.45) is 4.14. The van der Waals surface area contributed by atoms with Crippen LogP contribution in [-0.2, 0) is 20.4 Å². The van der Waals surface area contributed by atoms with Gasteiger partial charge < -0.3 is 30.8 Å². The number of methoxy groups -OCH3 is 1. The third-order valence-electron chi connectivity index (χ3n) is 7.54. The zero-order valence-corrected chi connectivity index (χ0v) is 23.2. The molecule has 1 aromatic heterocycles. The van der Waals surface area contributed by atoms with Gasteiger partial charge in [0.2, 0.25) is 16.0 Å². The standard InChI is InChI=1S/C26H39N7O4S/c1-18(2)17-26(27)21-6-9-28-24(21)30-25(31-26)29-22-5-4-20(16-23(22)36-3)38(34,35)33-10-7-19(8-11-33)32-12-14-37-15-13-32/h4-6,9,16,18-19,28H,7-8,10-15,17,27H2,1-3H3,(H2,29,30,31). The summed E-state index contributed by atoms with van der Waals surface area (Å²) >= 11 is 0. The summed E-state index contributed by atoms with van der Waals surface area (Å²) in [4.78, 5) is 10.6. The summed E-state index contributed by atoms with van der Waals surface area (Å²) in [7, 11) is -2.13. The van der Waals surface area contributed by atoms with Crippen molar-refractivity contribution in [2.45, 2.75) is 49.7 Å². The maximum Gasteiger partial charge on any atom is 0.243 e. The molecule has 208 valence electrons. The highest BCUT2D eigenvalue weighted by Gasteiger charge is 2.36. The number of sulfonamides is 1. The number of nitrogens with two attached hydrogens (primary N) is 1. The van der Waals surface area contributed by atoms with Crippen LogP contribution in [0, 0.1) is 5.92 Å². The third kappa shape index (κ3) is 5.41. The third-order valence-corrected chi connectivity index (χ3v) is 9.43. The number of H-pyrrole nitrogens is 1. The average Bonchev–Trinajstić information content (AvgIpc) is 3.39. The van der Waals surface area contributed by atoms with E-state index >= 15 is 0 Å². The Kier molecular flexibility index (Phi) is 7.70. The second kappa shape index (κ2) is 10.9. The van der Waals surface area contributed by atoms with E-state index in [1.54, 1.807) is 22.5 Å². The first-order chi connectivity index (χ1) is 18.2. The Morgan fingerprint density at radius 2 is 1.95 bits per heavy atom. The van der Waals surface area contributed by atoms with E-state index in [1.807, 2.05) is 12.3 Å². The minimum absolute atomic E-state index is 0.211. The van der Waals surface area contributed by atoms with Crippen LogP contribution in [0.1, 0.15) is 38.7 Å². The zero-order valence-electron chi connectivity index (χ0n) is 22.4. The Morgan fingerprint density at radius 3 is 2.63 bits per heavy atom. The van der Waals surface area contributed by atoms with Gasteiger partial charge in [0.15, 0.2) is 0 Å². The van der Waals surface area contributed by atoms with Crippen molar-refractivity contribution >= 4 is 27.5 Å². The minimum atomic E-state index is -3.65. The molecule has 5 rings (SSSR count). The van der Waals surface area contributed by atoms with Crippen molar-refractivity contribution in [3.05, 3.63) is 36.0 Å². The Hall–Kier alpha value is -2.64. The quantitative estimate of drug-likeness (QED) is 0.417. The number of aromatic amines is 1. The number of piperidine rings is 1. The van der Waals surface area contributed by atoms with Gasteiger partial charge in [-0.05, 0) is 43.4 Å². The van der Waals surface area contributed by atoms with Gasteiger partial charge in [-0.25, -0.2) is 13.4 Å². The number of fused-ring (bicyclic) bond motifs is 1. The van der Waals surface area contributed by atoms with E-state index in [1.165, 1.54) is 7.11 Å². The fraction of sp³-hybridized carbons (Fsp3) is 0.577. The predicted octanol–water partition coefficient (Wildman–Crippen LogP) is 2.56. The van der Waals surface area contributed by atoms with Crippen molar-refractivity contribution in [3.8, 4) is 5.75 Å². The molecule has 11 nitrogen and oxygen atoms in total. The van der Waals surface area contributed by atoms with Gasteiger partial charge in [0.1, 0.15) is 17.2 Å². The highest BCUT2D eigenvalue weighted by atomic mass is 32.2. The second-order valence-corrected chi connectivity index (χ2v) is 12.6. The van der Waals surface area contributed by atoms with Gasteiger partial charge in [0, 0.05) is 50.0 Å². The lowest BCUT2D eigenvalue weighted by Gasteiger charge is -2.39. The van der Waals surface area contributed by atoms with Crippen LogP contribution in [0.3, 0.4) is 0 Å². The number of guanidine groups is 1. The molecule has 1 atom stereocenters. The molecule has 2 fully saturated rings. The first kappa shape index (κ1) is 26.9. The Morgan fingerprint density at radius 1 is 1.21 bits per heavy atom. The molecule has 4 heterocycles. The molecule has 2 saturated heterocycles. The van der Waals surface area contributed by atoms with Crippen LogP contribution in [0.15, 0.2) is 40.4 Å². The van der Waals surface area contributed by atoms with Crippen LogP contribution in [0.4, 0.5) is 11.5 Å². The van der Waals surface area contributed by atoms with E-state index in [-0.39, 0.29) is 4.90 Å². The average molecular weight is 546 g/mol. The molecule has 12 heteroatoms. The van der Waals surface area contributed by atoms with Gasteiger partial charge in [0.05, 0.1) is 30.9 Å². The van der Waals surface area contributed by atoms with Crippen molar-refractivity contribution < 1.29 is 17.9 Å². The van der Waals surface area contributed by atoms with Crippen LogP contribution < -0.4 is 21.1 Å². The van der Waals surface area contributed by atoms with Crippen LogP contribution in [0.5, 0.6) is 5.75 Å². The minimum Gasteiger partial charge on any atom is -0.495 e. The Bertz CT molecular complexity index is 1260. The number of aromatic nitrogens is 1. The fourth-order valence-corrected chi connectivity index (χ4v) is 7.16. The normalized spacial score (nSPS) is 23.6. The lowest BCUT2D eigenvalue weighted by atomic mass is 9.92. The molecule has 38 heavy (non-hydrogen) atoms. The van der Waals surface area contributed by atoms with Crippen LogP contribution in [0.2, 0.25) is 0 Å². The number of anilines is 2. The molecule has 0 spiro atoms. The number of aliphatic imine (C=N–C) groups is 1. The van der Waals surface area contributed by atoms with Crippen molar-refractivity contribution in [1.82, 2.24) is 14.2 Å². The van der Waals surface area contributed by atoms with Crippen LogP contribution in [0.25, 0.3) is 0 Å². The number of nitrogens with one attached hydrogen (secondary N) is 3. The molecule has 0 saturated carbocycles. The SMILES string of the molecule is COc1cc(S(=O)(=O)N2CCC(N3CCOCC3)CC2)ccc1NC1=NC(N)(CC(C)C)c2cc[nH]c2N1. The number of rotatable bonds is 7. The molecule has 3 aliphatic rings. The van der Waals surface area contributed by atoms with Gasteiger partial charge in [-0.3, -0.25) is 4.90 Å². The predicted molar refractivity (Wildman–Crippen MR) is 148 cm³/mol. The van der Waals surface area contributed by atoms with Gasteiger partial charge in [-0.15, -0.1) is 0 Å².